The van der Waals surface area contributed by atoms with E-state index in [9.17, 15) is 29.1 Å². The molecule has 0 aromatic carbocycles. The molecule has 0 bridgehead atoms. The van der Waals surface area contributed by atoms with E-state index in [0.29, 0.717) is 5.57 Å². The number of ketones is 1. The number of β-lactam (4-membered cyclic amide) rings is 1. The third kappa shape index (κ3) is 4.17. The number of aromatic nitrogens is 1. The Bertz CT molecular complexity index is 868. The average Bonchev–Trinajstić information content (AvgIpc) is 3.16. The number of carbonyl (C=O) groups excluding carboxylic acids is 4. The summed E-state index contributed by atoms with van der Waals surface area (Å²) < 4.78 is 4.84. The molecule has 2 unspecified atom stereocenters. The summed E-state index contributed by atoms with van der Waals surface area (Å²) in [6, 6.07) is 1.98. The van der Waals surface area contributed by atoms with Crippen LogP contribution in [-0.4, -0.2) is 97.9 Å². The summed E-state index contributed by atoms with van der Waals surface area (Å²) >= 11 is 1.22. The molecular weight excluding hydrogens is 401 g/mol. The van der Waals surface area contributed by atoms with Gasteiger partial charge in [0.15, 0.2) is 0 Å². The summed E-state index contributed by atoms with van der Waals surface area (Å²) in [5.74, 6) is -4.11. The second kappa shape index (κ2) is 8.95. The van der Waals surface area contributed by atoms with Gasteiger partial charge < -0.3 is 20.1 Å². The SMILES string of the molecule is CC(=O)OCC1=C(C(=O)O)N2C(=O)C(NC(=O)C(=O)c3ccc[nH]3)C2SC1.[NaH]. The van der Waals surface area contributed by atoms with Gasteiger partial charge in [-0.2, -0.15) is 0 Å². The summed E-state index contributed by atoms with van der Waals surface area (Å²) in [7, 11) is 0. The van der Waals surface area contributed by atoms with Gasteiger partial charge in [0, 0.05) is 24.4 Å². The number of nitrogens with one attached hydrogen (secondary N) is 2. The molecule has 1 aromatic heterocycles. The molecule has 3 heterocycles. The van der Waals surface area contributed by atoms with E-state index >= 15 is 0 Å². The second-order valence-corrected chi connectivity index (χ2v) is 6.92. The molecule has 2 atom stereocenters. The van der Waals surface area contributed by atoms with E-state index < -0.39 is 41.0 Å². The summed E-state index contributed by atoms with van der Waals surface area (Å²) in [6.07, 6.45) is 1.49. The molecule has 3 N–H and O–H groups in total. The van der Waals surface area contributed by atoms with Crippen LogP contribution in [0.5, 0.6) is 0 Å². The third-order valence-electron chi connectivity index (χ3n) is 4.03. The number of amides is 2. The van der Waals surface area contributed by atoms with Crippen molar-refractivity contribution in [1.82, 2.24) is 15.2 Å². The molecule has 0 spiro atoms. The van der Waals surface area contributed by atoms with Crippen LogP contribution in [-0.2, 0) is 23.9 Å². The Labute approximate surface area is 185 Å². The Kier molecular flexibility index (Phi) is 7.10. The number of aliphatic carboxylic acids is 1. The first-order valence-electron chi connectivity index (χ1n) is 7.83. The number of hydrogen-bond donors (Lipinski definition) is 3. The normalized spacial score (nSPS) is 20.5. The summed E-state index contributed by atoms with van der Waals surface area (Å²) in [6.45, 7) is 0.962. The molecule has 0 radical (unpaired) electrons. The molecule has 2 aliphatic rings. The summed E-state index contributed by atoms with van der Waals surface area (Å²) in [5, 5.41) is 11.2. The summed E-state index contributed by atoms with van der Waals surface area (Å²) in [5.41, 5.74) is 0.118. The second-order valence-electron chi connectivity index (χ2n) is 5.81. The van der Waals surface area contributed by atoms with E-state index in [1.165, 1.54) is 30.9 Å². The zero-order valence-corrected chi connectivity index (χ0v) is 14.9. The first-order chi connectivity index (χ1) is 12.8. The van der Waals surface area contributed by atoms with E-state index in [1.54, 1.807) is 6.07 Å². The van der Waals surface area contributed by atoms with Crippen LogP contribution in [0.3, 0.4) is 0 Å². The van der Waals surface area contributed by atoms with Gasteiger partial charge in [0.25, 0.3) is 17.6 Å². The van der Waals surface area contributed by atoms with Crippen molar-refractivity contribution in [2.75, 3.05) is 12.4 Å². The number of carboxylic acids is 1. The first kappa shape index (κ1) is 22.2. The molecule has 1 aromatic rings. The Balaban J connectivity index is 0.00000280. The van der Waals surface area contributed by atoms with Gasteiger partial charge in [-0.15, -0.1) is 11.8 Å². The van der Waals surface area contributed by atoms with Gasteiger partial charge in [0.1, 0.15) is 23.7 Å². The van der Waals surface area contributed by atoms with Gasteiger partial charge in [-0.3, -0.25) is 24.1 Å². The van der Waals surface area contributed by atoms with E-state index in [-0.39, 0.29) is 53.3 Å². The number of rotatable bonds is 6. The van der Waals surface area contributed by atoms with Crippen LogP contribution in [0.15, 0.2) is 29.6 Å². The van der Waals surface area contributed by atoms with E-state index in [0.717, 1.165) is 4.90 Å². The number of carbonyl (C=O) groups is 5. The van der Waals surface area contributed by atoms with Gasteiger partial charge in [-0.05, 0) is 12.1 Å². The molecule has 1 saturated heterocycles. The predicted octanol–water partition coefficient (Wildman–Crippen LogP) is -1.15. The number of esters is 1. The quantitative estimate of drug-likeness (QED) is 0.173. The Morgan fingerprint density at radius 1 is 1.39 bits per heavy atom. The zero-order valence-electron chi connectivity index (χ0n) is 14.1. The number of hydrogen-bond acceptors (Lipinski definition) is 7. The van der Waals surface area contributed by atoms with Gasteiger partial charge in [0.05, 0.1) is 5.69 Å². The molecule has 10 nitrogen and oxygen atoms in total. The molecule has 1 fully saturated rings. The van der Waals surface area contributed by atoms with Crippen LogP contribution in [0.2, 0.25) is 0 Å². The van der Waals surface area contributed by atoms with Crippen molar-refractivity contribution in [3.8, 4) is 0 Å². The minimum atomic E-state index is -1.33. The van der Waals surface area contributed by atoms with Crippen molar-refractivity contribution in [2.24, 2.45) is 0 Å². The van der Waals surface area contributed by atoms with Gasteiger partial charge in [-0.1, -0.05) is 0 Å². The Morgan fingerprint density at radius 3 is 2.68 bits per heavy atom. The molecule has 3 rings (SSSR count). The number of aromatic amines is 1. The van der Waals surface area contributed by atoms with Crippen molar-refractivity contribution in [3.05, 3.63) is 35.3 Å². The maximum atomic E-state index is 12.4. The average molecular weight is 417 g/mol. The van der Waals surface area contributed by atoms with Crippen molar-refractivity contribution < 1.29 is 33.8 Å². The maximum absolute atomic E-state index is 12.4. The predicted molar refractivity (Wildman–Crippen MR) is 98.6 cm³/mol. The topological polar surface area (TPSA) is 146 Å². The fourth-order valence-electron chi connectivity index (χ4n) is 2.78. The molecular formula is C16H16N3NaO7S. The van der Waals surface area contributed by atoms with Gasteiger partial charge in [-0.25, -0.2) is 4.79 Å². The zero-order chi connectivity index (χ0) is 19.7. The number of H-pyrrole nitrogens is 1. The van der Waals surface area contributed by atoms with E-state index in [4.69, 9.17) is 4.74 Å². The van der Waals surface area contributed by atoms with Crippen molar-refractivity contribution >= 4 is 70.9 Å². The number of nitrogens with zero attached hydrogens (tertiary/aromatic N) is 1. The first-order valence-corrected chi connectivity index (χ1v) is 8.88. The third-order valence-corrected chi connectivity index (χ3v) is 5.37. The molecule has 2 amide bonds. The van der Waals surface area contributed by atoms with Crippen LogP contribution >= 0.6 is 11.8 Å². The molecule has 144 valence electrons. The molecule has 0 aliphatic carbocycles. The molecule has 28 heavy (non-hydrogen) atoms. The van der Waals surface area contributed by atoms with Crippen LogP contribution in [0.1, 0.15) is 17.4 Å². The number of thioether (sulfide) groups is 1. The van der Waals surface area contributed by atoms with Crippen molar-refractivity contribution in [1.29, 1.82) is 0 Å². The van der Waals surface area contributed by atoms with Crippen molar-refractivity contribution in [3.63, 3.8) is 0 Å². The fraction of sp³-hybridized carbons (Fsp3) is 0.312. The van der Waals surface area contributed by atoms with Gasteiger partial charge >= 0.3 is 41.5 Å². The number of carboxylic acid groups (broad SMARTS) is 1. The molecule has 0 saturated carbocycles. The van der Waals surface area contributed by atoms with Crippen LogP contribution in [0.25, 0.3) is 0 Å². The van der Waals surface area contributed by atoms with Crippen LogP contribution < -0.4 is 5.32 Å². The van der Waals surface area contributed by atoms with Crippen molar-refractivity contribution in [2.45, 2.75) is 18.3 Å². The number of Topliss-reactive ketones (excluding diaryl/α,β-unsaturated/α-hetero) is 1. The molecule has 2 aliphatic heterocycles. The Morgan fingerprint density at radius 2 is 2.11 bits per heavy atom. The van der Waals surface area contributed by atoms with E-state index in [1.807, 2.05) is 0 Å². The number of fused-ring (bicyclic) bond motifs is 1. The van der Waals surface area contributed by atoms with Gasteiger partial charge in [0.2, 0.25) is 0 Å². The fourth-order valence-corrected chi connectivity index (χ4v) is 4.11. The van der Waals surface area contributed by atoms with E-state index in [2.05, 4.69) is 10.3 Å². The minimum absolute atomic E-state index is 0. The van der Waals surface area contributed by atoms with Crippen LogP contribution in [0, 0.1) is 0 Å². The standard InChI is InChI=1S/C16H15N3O7S.Na.H/c1-7(20)26-5-8-6-27-15-10(14(23)19(15)11(8)16(24)25)18-13(22)12(21)9-3-2-4-17-9;;/h2-4,10,15,17H,5-6H2,1H3,(H,18,22)(H,24,25);;. The molecule has 12 heteroatoms. The monoisotopic (exact) mass is 417 g/mol. The summed E-state index contributed by atoms with van der Waals surface area (Å²) in [4.78, 5) is 62.7. The number of ether oxygens (including phenoxy) is 1. The van der Waals surface area contributed by atoms with Crippen LogP contribution in [0.4, 0.5) is 0 Å². The Hall–Kier alpha value is -2.08.